The van der Waals surface area contributed by atoms with Crippen molar-refractivity contribution in [2.75, 3.05) is 6.54 Å². The zero-order chi connectivity index (χ0) is 23.5. The van der Waals surface area contributed by atoms with Gasteiger partial charge in [0.2, 0.25) is 0 Å². The first-order chi connectivity index (χ1) is 16.5. The highest BCUT2D eigenvalue weighted by molar-refractivity contribution is 5.95. The summed E-state index contributed by atoms with van der Waals surface area (Å²) in [6.45, 7) is 2.56. The Morgan fingerprint density at radius 2 is 2.03 bits per heavy atom. The molecular formula is C28H27F2N3O. The van der Waals surface area contributed by atoms with Crippen molar-refractivity contribution < 1.29 is 13.6 Å². The number of aryl methyl sites for hydroxylation is 1. The fourth-order valence-electron chi connectivity index (χ4n) is 6.54. The van der Waals surface area contributed by atoms with Crippen molar-refractivity contribution in [1.29, 1.82) is 0 Å². The van der Waals surface area contributed by atoms with E-state index in [1.807, 2.05) is 31.3 Å². The van der Waals surface area contributed by atoms with Crippen LogP contribution in [0.2, 0.25) is 0 Å². The molecule has 1 spiro atoms. The Balaban J connectivity index is 1.25. The monoisotopic (exact) mass is 459 g/mol. The van der Waals surface area contributed by atoms with Gasteiger partial charge in [0, 0.05) is 23.6 Å². The molecule has 174 valence electrons. The summed E-state index contributed by atoms with van der Waals surface area (Å²) >= 11 is 0. The molecule has 2 fully saturated rings. The molecule has 3 aliphatic carbocycles. The Morgan fingerprint density at radius 3 is 2.85 bits per heavy atom. The SMILES string of the molecule is CCNC(=O)c1ccccc1CC[C@]12CCC3=Cc4c(cnn4-c4ccc(F)c(F)c4)CC31C2. The second-order valence-electron chi connectivity index (χ2n) is 9.97. The van der Waals surface area contributed by atoms with Gasteiger partial charge >= 0.3 is 0 Å². The summed E-state index contributed by atoms with van der Waals surface area (Å²) in [5.74, 6) is -1.72. The van der Waals surface area contributed by atoms with Gasteiger partial charge in [-0.05, 0) is 86.3 Å². The van der Waals surface area contributed by atoms with Crippen LogP contribution in [0.15, 0.2) is 54.2 Å². The maximum atomic E-state index is 13.8. The van der Waals surface area contributed by atoms with Crippen LogP contribution in [-0.2, 0) is 12.8 Å². The van der Waals surface area contributed by atoms with Gasteiger partial charge in [0.25, 0.3) is 5.91 Å². The smallest absolute Gasteiger partial charge is 0.251 e. The first-order valence-corrected chi connectivity index (χ1v) is 12.1. The second-order valence-corrected chi connectivity index (χ2v) is 9.97. The molecule has 2 atom stereocenters. The van der Waals surface area contributed by atoms with E-state index in [0.717, 1.165) is 55.0 Å². The van der Waals surface area contributed by atoms with E-state index in [9.17, 15) is 13.6 Å². The van der Waals surface area contributed by atoms with Crippen LogP contribution in [0.1, 0.15) is 59.8 Å². The van der Waals surface area contributed by atoms with E-state index in [1.165, 1.54) is 23.6 Å². The Kier molecular flexibility index (Phi) is 4.77. The molecule has 1 unspecified atom stereocenters. The summed E-state index contributed by atoms with van der Waals surface area (Å²) in [6.07, 6.45) is 10.4. The molecule has 4 nitrogen and oxygen atoms in total. The van der Waals surface area contributed by atoms with Gasteiger partial charge in [0.05, 0.1) is 17.6 Å². The Morgan fingerprint density at radius 1 is 1.18 bits per heavy atom. The van der Waals surface area contributed by atoms with E-state index in [4.69, 9.17) is 0 Å². The van der Waals surface area contributed by atoms with Gasteiger partial charge in [-0.1, -0.05) is 23.8 Å². The van der Waals surface area contributed by atoms with Gasteiger partial charge in [-0.25, -0.2) is 13.5 Å². The first kappa shape index (κ1) is 21.3. The molecule has 3 aromatic rings. The molecule has 6 rings (SSSR count). The average Bonchev–Trinajstić information content (AvgIpc) is 3.10. The van der Waals surface area contributed by atoms with Crippen molar-refractivity contribution in [3.63, 3.8) is 0 Å². The van der Waals surface area contributed by atoms with E-state index in [0.29, 0.717) is 12.2 Å². The van der Waals surface area contributed by atoms with Crippen molar-refractivity contribution in [2.24, 2.45) is 10.8 Å². The summed E-state index contributed by atoms with van der Waals surface area (Å²) in [4.78, 5) is 12.5. The highest BCUT2D eigenvalue weighted by Gasteiger charge is 2.71. The summed E-state index contributed by atoms with van der Waals surface area (Å²) < 4.78 is 29.0. The number of nitrogens with zero attached hydrogens (tertiary/aromatic N) is 2. The Bertz CT molecular complexity index is 1340. The number of allylic oxidation sites excluding steroid dienone is 1. The lowest BCUT2D eigenvalue weighted by atomic mass is 9.80. The number of aromatic nitrogens is 2. The molecule has 2 aromatic carbocycles. The van der Waals surface area contributed by atoms with Crippen LogP contribution in [0.25, 0.3) is 11.8 Å². The molecule has 6 heteroatoms. The molecule has 1 heterocycles. The highest BCUT2D eigenvalue weighted by atomic mass is 19.2. The second kappa shape index (κ2) is 7.62. The quantitative estimate of drug-likeness (QED) is 0.518. The van der Waals surface area contributed by atoms with Gasteiger partial charge in [0.15, 0.2) is 11.6 Å². The van der Waals surface area contributed by atoms with Crippen LogP contribution < -0.4 is 5.32 Å². The van der Waals surface area contributed by atoms with Gasteiger partial charge in [-0.15, -0.1) is 0 Å². The number of carbonyl (C=O) groups excluding carboxylic acids is 1. The number of benzene rings is 2. The lowest BCUT2D eigenvalue weighted by molar-refractivity contribution is 0.0954. The molecule has 1 N–H and O–H groups in total. The van der Waals surface area contributed by atoms with Crippen molar-refractivity contribution in [1.82, 2.24) is 15.1 Å². The van der Waals surface area contributed by atoms with Gasteiger partial charge in [-0.3, -0.25) is 4.79 Å². The van der Waals surface area contributed by atoms with Crippen molar-refractivity contribution >= 4 is 12.0 Å². The molecule has 0 bridgehead atoms. The zero-order valence-corrected chi connectivity index (χ0v) is 19.2. The maximum absolute atomic E-state index is 13.8. The molecule has 0 aliphatic heterocycles. The van der Waals surface area contributed by atoms with Gasteiger partial charge in [0.1, 0.15) is 0 Å². The third-order valence-electron chi connectivity index (χ3n) is 8.33. The largest absolute Gasteiger partial charge is 0.352 e. The van der Waals surface area contributed by atoms with Crippen LogP contribution in [0.3, 0.4) is 0 Å². The fourth-order valence-corrected chi connectivity index (χ4v) is 6.54. The molecule has 1 aromatic heterocycles. The molecule has 34 heavy (non-hydrogen) atoms. The van der Waals surface area contributed by atoms with Crippen LogP contribution >= 0.6 is 0 Å². The Hall–Kier alpha value is -3.28. The molecular weight excluding hydrogens is 432 g/mol. The number of hydrogen-bond donors (Lipinski definition) is 1. The first-order valence-electron chi connectivity index (χ1n) is 12.1. The number of fused-ring (bicyclic) bond motifs is 1. The minimum Gasteiger partial charge on any atom is -0.352 e. The normalized spacial score (nSPS) is 24.1. The van der Waals surface area contributed by atoms with Crippen molar-refractivity contribution in [2.45, 2.75) is 45.4 Å². The minimum absolute atomic E-state index is 0.0000642. The van der Waals surface area contributed by atoms with Gasteiger partial charge < -0.3 is 5.32 Å². The Labute approximate surface area is 197 Å². The lowest BCUT2D eigenvalue weighted by Crippen LogP contribution is -2.24. The summed E-state index contributed by atoms with van der Waals surface area (Å²) in [7, 11) is 0. The fraction of sp³-hybridized carbons (Fsp3) is 0.357. The van der Waals surface area contributed by atoms with Crippen LogP contribution in [-0.4, -0.2) is 22.2 Å². The van der Waals surface area contributed by atoms with E-state index in [-0.39, 0.29) is 16.7 Å². The van der Waals surface area contributed by atoms with Gasteiger partial charge in [-0.2, -0.15) is 5.10 Å². The van der Waals surface area contributed by atoms with E-state index in [2.05, 4.69) is 22.6 Å². The van der Waals surface area contributed by atoms with E-state index < -0.39 is 11.6 Å². The predicted octanol–water partition coefficient (Wildman–Crippen LogP) is 5.64. The number of carbonyl (C=O) groups is 1. The minimum atomic E-state index is -0.864. The zero-order valence-electron chi connectivity index (χ0n) is 19.2. The highest BCUT2D eigenvalue weighted by Crippen LogP contribution is 2.79. The van der Waals surface area contributed by atoms with Crippen molar-refractivity contribution in [3.8, 4) is 5.69 Å². The molecule has 1 amide bonds. The maximum Gasteiger partial charge on any atom is 0.251 e. The molecule has 3 aliphatic rings. The van der Waals surface area contributed by atoms with Crippen LogP contribution in [0.4, 0.5) is 8.78 Å². The number of halogens is 2. The topological polar surface area (TPSA) is 46.9 Å². The average molecular weight is 460 g/mol. The summed E-state index contributed by atoms with van der Waals surface area (Å²) in [5, 5.41) is 7.44. The number of rotatable bonds is 6. The molecule has 0 saturated heterocycles. The lowest BCUT2D eigenvalue weighted by Gasteiger charge is -2.24. The van der Waals surface area contributed by atoms with E-state index >= 15 is 0 Å². The van der Waals surface area contributed by atoms with Crippen LogP contribution in [0, 0.1) is 22.5 Å². The summed E-state index contributed by atoms with van der Waals surface area (Å²) in [5.41, 5.74) is 6.50. The predicted molar refractivity (Wildman–Crippen MR) is 127 cm³/mol. The van der Waals surface area contributed by atoms with Crippen LogP contribution in [0.5, 0.6) is 0 Å². The summed E-state index contributed by atoms with van der Waals surface area (Å²) in [6, 6.07) is 11.8. The van der Waals surface area contributed by atoms with E-state index in [1.54, 1.807) is 10.7 Å². The number of nitrogens with one attached hydrogen (secondary N) is 1. The number of amides is 1. The molecule has 2 saturated carbocycles. The third-order valence-corrected chi connectivity index (χ3v) is 8.33. The van der Waals surface area contributed by atoms with Crippen molar-refractivity contribution in [3.05, 3.63) is 88.3 Å². The third kappa shape index (κ3) is 3.07. The standard InChI is InChI=1S/C28H27F2N3O/c1-2-31-26(34)22-6-4-3-5-18(22)9-11-27-12-10-20-13-25-19(15-28(20,27)17-27)16-32-33(25)21-7-8-23(29)24(30)14-21/h3-8,13-14,16H,2,9-12,15,17H2,1H3,(H,31,34)/t27-,28?/m1/s1. The molecule has 0 radical (unpaired) electrons. The number of hydrogen-bond acceptors (Lipinski definition) is 2.